The number of carbonyl (C=O) groups excluding carboxylic acids is 1. The molecule has 2 N–H and O–H groups in total. The summed E-state index contributed by atoms with van der Waals surface area (Å²) >= 11 is 1.62. The number of imidazole rings is 1. The molecule has 4 aromatic rings. The van der Waals surface area contributed by atoms with Crippen molar-refractivity contribution < 1.29 is 4.79 Å². The minimum absolute atomic E-state index is 0.172. The average molecular weight is 321 g/mol. The summed E-state index contributed by atoms with van der Waals surface area (Å²) in [6, 6.07) is 16.3. The van der Waals surface area contributed by atoms with E-state index in [2.05, 4.69) is 16.5 Å². The first-order chi connectivity index (χ1) is 11.1. The summed E-state index contributed by atoms with van der Waals surface area (Å²) in [5.41, 5.74) is 10.4. The van der Waals surface area contributed by atoms with Crippen LogP contribution in [0.1, 0.15) is 11.3 Å². The van der Waals surface area contributed by atoms with E-state index in [1.807, 2.05) is 43.3 Å². The van der Waals surface area contributed by atoms with E-state index in [-0.39, 0.29) is 12.3 Å². The maximum Gasteiger partial charge on any atom is 0.223 e. The molecule has 1 amide bonds. The van der Waals surface area contributed by atoms with E-state index in [1.165, 1.54) is 0 Å². The Morgan fingerprint density at radius 3 is 2.83 bits per heavy atom. The highest BCUT2D eigenvalue weighted by Gasteiger charge is 2.19. The number of amides is 1. The van der Waals surface area contributed by atoms with Crippen LogP contribution in [0.5, 0.6) is 0 Å². The molecule has 0 spiro atoms. The van der Waals surface area contributed by atoms with Crippen LogP contribution in [0, 0.1) is 6.92 Å². The summed E-state index contributed by atoms with van der Waals surface area (Å²) in [5, 5.41) is 0. The van der Waals surface area contributed by atoms with Crippen LogP contribution in [0.15, 0.2) is 48.5 Å². The monoisotopic (exact) mass is 321 g/mol. The normalized spacial score (nSPS) is 11.3. The van der Waals surface area contributed by atoms with Crippen LogP contribution in [0.2, 0.25) is 0 Å². The quantitative estimate of drug-likeness (QED) is 0.627. The lowest BCUT2D eigenvalue weighted by molar-refractivity contribution is -0.117. The Morgan fingerprint density at radius 2 is 2.04 bits per heavy atom. The minimum Gasteiger partial charge on any atom is -0.369 e. The van der Waals surface area contributed by atoms with Gasteiger partial charge >= 0.3 is 0 Å². The Bertz CT molecular complexity index is 1040. The molecule has 4 nitrogen and oxygen atoms in total. The molecular weight excluding hydrogens is 306 g/mol. The lowest BCUT2D eigenvalue weighted by Crippen LogP contribution is -2.15. The van der Waals surface area contributed by atoms with Gasteiger partial charge in [-0.05, 0) is 25.1 Å². The molecule has 0 aliphatic rings. The number of hydrogen-bond donors (Lipinski definition) is 1. The van der Waals surface area contributed by atoms with Crippen molar-refractivity contribution in [1.29, 1.82) is 0 Å². The molecule has 0 fully saturated rings. The molecule has 0 bridgehead atoms. The van der Waals surface area contributed by atoms with E-state index in [0.29, 0.717) is 0 Å². The fourth-order valence-electron chi connectivity index (χ4n) is 2.93. The number of primary amides is 1. The van der Waals surface area contributed by atoms with Crippen molar-refractivity contribution in [1.82, 2.24) is 9.38 Å². The van der Waals surface area contributed by atoms with E-state index in [4.69, 9.17) is 10.7 Å². The van der Waals surface area contributed by atoms with Crippen LogP contribution in [-0.2, 0) is 11.2 Å². The lowest BCUT2D eigenvalue weighted by Gasteiger charge is -2.04. The van der Waals surface area contributed by atoms with Crippen molar-refractivity contribution in [3.8, 4) is 11.3 Å². The van der Waals surface area contributed by atoms with Gasteiger partial charge in [0, 0.05) is 5.56 Å². The van der Waals surface area contributed by atoms with Gasteiger partial charge in [-0.1, -0.05) is 47.2 Å². The van der Waals surface area contributed by atoms with E-state index < -0.39 is 0 Å². The third-order valence-corrected chi connectivity index (χ3v) is 4.90. The molecule has 0 aliphatic carbocycles. The van der Waals surface area contributed by atoms with Gasteiger partial charge in [0.1, 0.15) is 0 Å². The largest absolute Gasteiger partial charge is 0.369 e. The zero-order chi connectivity index (χ0) is 16.0. The fraction of sp³-hybridized carbons (Fsp3) is 0.111. The number of rotatable bonds is 3. The predicted molar refractivity (Wildman–Crippen MR) is 93.6 cm³/mol. The van der Waals surface area contributed by atoms with Crippen molar-refractivity contribution in [3.05, 3.63) is 59.8 Å². The maximum absolute atomic E-state index is 11.6. The summed E-state index contributed by atoms with van der Waals surface area (Å²) < 4.78 is 3.21. The van der Waals surface area contributed by atoms with Gasteiger partial charge in [-0.3, -0.25) is 9.20 Å². The first-order valence-corrected chi connectivity index (χ1v) is 8.19. The van der Waals surface area contributed by atoms with E-state index in [0.717, 1.165) is 37.7 Å². The van der Waals surface area contributed by atoms with Crippen molar-refractivity contribution in [2.75, 3.05) is 0 Å². The molecule has 0 atom stereocenters. The number of benzene rings is 2. The Balaban J connectivity index is 2.06. The number of hydrogen-bond acceptors (Lipinski definition) is 3. The summed E-state index contributed by atoms with van der Waals surface area (Å²) in [6.45, 7) is 2.05. The third-order valence-electron chi connectivity index (χ3n) is 3.88. The van der Waals surface area contributed by atoms with Crippen molar-refractivity contribution in [3.63, 3.8) is 0 Å². The highest BCUT2D eigenvalue weighted by atomic mass is 32.1. The Morgan fingerprint density at radius 1 is 1.22 bits per heavy atom. The molecule has 0 saturated heterocycles. The first-order valence-electron chi connectivity index (χ1n) is 7.37. The third kappa shape index (κ3) is 2.29. The second-order valence-electron chi connectivity index (χ2n) is 5.61. The molecule has 2 heterocycles. The van der Waals surface area contributed by atoms with Gasteiger partial charge in [-0.15, -0.1) is 0 Å². The summed E-state index contributed by atoms with van der Waals surface area (Å²) in [5.74, 6) is -0.351. The molecule has 0 saturated carbocycles. The molecule has 5 heteroatoms. The van der Waals surface area contributed by atoms with Crippen molar-refractivity contribution in [2.45, 2.75) is 13.3 Å². The predicted octanol–water partition coefficient (Wildman–Crippen LogP) is 3.55. The molecule has 114 valence electrons. The van der Waals surface area contributed by atoms with E-state index >= 15 is 0 Å². The zero-order valence-corrected chi connectivity index (χ0v) is 13.4. The minimum atomic E-state index is -0.351. The zero-order valence-electron chi connectivity index (χ0n) is 12.6. The number of nitrogens with two attached hydrogens (primary N) is 1. The maximum atomic E-state index is 11.6. The number of aromatic nitrogens is 2. The number of para-hydroxylation sites is 1. The van der Waals surface area contributed by atoms with Crippen molar-refractivity contribution >= 4 is 32.4 Å². The van der Waals surface area contributed by atoms with Crippen molar-refractivity contribution in [2.24, 2.45) is 5.73 Å². The van der Waals surface area contributed by atoms with Crippen LogP contribution in [0.25, 0.3) is 26.4 Å². The van der Waals surface area contributed by atoms with Crippen LogP contribution in [0.3, 0.4) is 0 Å². The smallest absolute Gasteiger partial charge is 0.223 e. The van der Waals surface area contributed by atoms with Gasteiger partial charge in [0.05, 0.1) is 28.0 Å². The Kier molecular flexibility index (Phi) is 3.16. The SMILES string of the molecule is Cc1cccc(-c2nc3sc4ccccc4n3c2CC(N)=O)c1. The summed E-state index contributed by atoms with van der Waals surface area (Å²) in [4.78, 5) is 17.3. The Labute approximate surface area is 137 Å². The Hall–Kier alpha value is -2.66. The molecular formula is C18H15N3OS. The standard InChI is InChI=1S/C18H15N3OS/c1-11-5-4-6-12(9-11)17-14(10-16(19)22)21-13-7-2-3-8-15(13)23-18(21)20-17/h2-9H,10H2,1H3,(H2,19,22). The van der Waals surface area contributed by atoms with Gasteiger partial charge in [0.2, 0.25) is 5.91 Å². The molecule has 0 unspecified atom stereocenters. The molecule has 4 rings (SSSR count). The van der Waals surface area contributed by atoms with Gasteiger partial charge in [-0.2, -0.15) is 0 Å². The van der Waals surface area contributed by atoms with Crippen LogP contribution < -0.4 is 5.73 Å². The van der Waals surface area contributed by atoms with Gasteiger partial charge in [0.25, 0.3) is 0 Å². The molecule has 0 aliphatic heterocycles. The average Bonchev–Trinajstić information content (AvgIpc) is 3.04. The summed E-state index contributed by atoms with van der Waals surface area (Å²) in [6.07, 6.45) is 0.172. The van der Waals surface area contributed by atoms with Gasteiger partial charge in [0.15, 0.2) is 4.96 Å². The topological polar surface area (TPSA) is 60.4 Å². The number of carbonyl (C=O) groups is 1. The molecule has 0 radical (unpaired) electrons. The molecule has 23 heavy (non-hydrogen) atoms. The number of thiazole rings is 1. The van der Waals surface area contributed by atoms with Crippen LogP contribution in [0.4, 0.5) is 0 Å². The second-order valence-corrected chi connectivity index (χ2v) is 6.62. The number of nitrogens with zero attached hydrogens (tertiary/aromatic N) is 2. The highest BCUT2D eigenvalue weighted by Crippen LogP contribution is 2.33. The van der Waals surface area contributed by atoms with Crippen LogP contribution in [-0.4, -0.2) is 15.3 Å². The fourth-order valence-corrected chi connectivity index (χ4v) is 3.97. The van der Waals surface area contributed by atoms with E-state index in [9.17, 15) is 4.79 Å². The van der Waals surface area contributed by atoms with E-state index in [1.54, 1.807) is 11.3 Å². The number of fused-ring (bicyclic) bond motifs is 3. The molecule has 2 aromatic heterocycles. The first kappa shape index (κ1) is 14.0. The summed E-state index contributed by atoms with van der Waals surface area (Å²) in [7, 11) is 0. The highest BCUT2D eigenvalue weighted by molar-refractivity contribution is 7.23. The van der Waals surface area contributed by atoms with Crippen LogP contribution >= 0.6 is 11.3 Å². The van der Waals surface area contributed by atoms with Gasteiger partial charge < -0.3 is 5.73 Å². The second kappa shape index (κ2) is 5.21. The van der Waals surface area contributed by atoms with Gasteiger partial charge in [-0.25, -0.2) is 4.98 Å². The lowest BCUT2D eigenvalue weighted by atomic mass is 10.1. The number of aryl methyl sites for hydroxylation is 1. The molecule has 2 aromatic carbocycles.